The zero-order valence-corrected chi connectivity index (χ0v) is 22.1. The molecule has 38 heavy (non-hydrogen) atoms. The molecule has 1 N–H and O–H groups in total. The molecule has 7 nitrogen and oxygen atoms in total. The van der Waals surface area contributed by atoms with Crippen molar-refractivity contribution in [1.29, 1.82) is 0 Å². The van der Waals surface area contributed by atoms with Gasteiger partial charge in [-0.2, -0.15) is 0 Å². The summed E-state index contributed by atoms with van der Waals surface area (Å²) >= 11 is 0. The van der Waals surface area contributed by atoms with Gasteiger partial charge in [0, 0.05) is 43.0 Å². The van der Waals surface area contributed by atoms with Crippen molar-refractivity contribution in [1.82, 2.24) is 24.5 Å². The average Bonchev–Trinajstić information content (AvgIpc) is 3.43. The van der Waals surface area contributed by atoms with E-state index in [1.165, 1.54) is 6.07 Å². The highest BCUT2D eigenvalue weighted by Gasteiger charge is 2.32. The van der Waals surface area contributed by atoms with Gasteiger partial charge in [0.25, 0.3) is 0 Å². The molecule has 0 saturated carbocycles. The topological polar surface area (TPSA) is 78.0 Å². The van der Waals surface area contributed by atoms with Crippen LogP contribution in [0.3, 0.4) is 0 Å². The van der Waals surface area contributed by atoms with E-state index in [1.807, 2.05) is 42.8 Å². The molecule has 0 radical (unpaired) electrons. The van der Waals surface area contributed by atoms with Crippen LogP contribution in [0.2, 0.25) is 0 Å². The number of aryl methyl sites for hydroxylation is 2. The van der Waals surface area contributed by atoms with Crippen molar-refractivity contribution in [3.8, 4) is 11.3 Å². The quantitative estimate of drug-likeness (QED) is 0.327. The molecule has 1 saturated heterocycles. The van der Waals surface area contributed by atoms with Gasteiger partial charge in [-0.15, -0.1) is 5.10 Å². The molecule has 1 fully saturated rings. The van der Waals surface area contributed by atoms with E-state index in [9.17, 15) is 6.48 Å². The predicted molar refractivity (Wildman–Crippen MR) is 145 cm³/mol. The number of halogens is 1. The lowest BCUT2D eigenvalue weighted by Crippen LogP contribution is -2.27. The molecule has 0 spiro atoms. The molecule has 3 aromatic heterocycles. The van der Waals surface area contributed by atoms with Crippen LogP contribution in [-0.2, 0) is 17.4 Å². The van der Waals surface area contributed by atoms with Crippen LogP contribution in [0.1, 0.15) is 50.9 Å². The average molecular weight is 515 g/mol. The van der Waals surface area contributed by atoms with Gasteiger partial charge in [0.1, 0.15) is 5.82 Å². The van der Waals surface area contributed by atoms with E-state index in [0.717, 1.165) is 27.9 Å². The second-order valence-corrected chi connectivity index (χ2v) is 10.6. The van der Waals surface area contributed by atoms with Gasteiger partial charge in [-0.05, 0) is 63.3 Å². The first kappa shape index (κ1) is 23.5. The summed E-state index contributed by atoms with van der Waals surface area (Å²) in [6, 6.07) is 12.8. The van der Waals surface area contributed by atoms with Crippen molar-refractivity contribution >= 4 is 21.9 Å². The van der Waals surface area contributed by atoms with Crippen LogP contribution in [0, 0.1) is 18.7 Å². The van der Waals surface area contributed by atoms with Gasteiger partial charge in [0.2, 0.25) is 0 Å². The zero-order valence-electron chi connectivity index (χ0n) is 23.1. The summed E-state index contributed by atoms with van der Waals surface area (Å²) in [5, 5.41) is 20.1. The fourth-order valence-electron chi connectivity index (χ4n) is 5.67. The zero-order chi connectivity index (χ0) is 27.5. The van der Waals surface area contributed by atoms with Crippen molar-refractivity contribution in [2.75, 3.05) is 13.2 Å². The molecule has 0 bridgehead atoms. The molecule has 0 unspecified atom stereocenters. The van der Waals surface area contributed by atoms with Gasteiger partial charge in [0.05, 0.1) is 40.9 Å². The third-order valence-corrected chi connectivity index (χ3v) is 7.58. The second kappa shape index (κ2) is 9.29. The smallest absolute Gasteiger partial charge is 0.128 e. The van der Waals surface area contributed by atoms with Crippen LogP contribution in [0.25, 0.3) is 33.2 Å². The van der Waals surface area contributed by atoms with Gasteiger partial charge >= 0.3 is 0 Å². The van der Waals surface area contributed by atoms with Gasteiger partial charge in [0.15, 0.2) is 0 Å². The fourth-order valence-corrected chi connectivity index (χ4v) is 5.67. The maximum absolute atomic E-state index is 15.7. The highest BCUT2D eigenvalue weighted by Crippen LogP contribution is 2.42. The summed E-state index contributed by atoms with van der Waals surface area (Å²) in [4.78, 5) is 4.88. The highest BCUT2D eigenvalue weighted by molar-refractivity contribution is 6.07. The largest absolute Gasteiger partial charge is 0.386 e. The molecule has 0 aliphatic carbocycles. The van der Waals surface area contributed by atoms with Crippen molar-refractivity contribution in [2.24, 2.45) is 13.0 Å². The lowest BCUT2D eigenvalue weighted by molar-refractivity contribution is 0.0548. The van der Waals surface area contributed by atoms with Crippen molar-refractivity contribution < 1.29 is 15.6 Å². The Labute approximate surface area is 222 Å². The second-order valence-electron chi connectivity index (χ2n) is 10.6. The van der Waals surface area contributed by atoms with Gasteiger partial charge in [-0.25, -0.2) is 9.07 Å². The minimum Gasteiger partial charge on any atom is -0.386 e. The monoisotopic (exact) mass is 514 g/mol. The van der Waals surface area contributed by atoms with Crippen LogP contribution in [-0.4, -0.2) is 42.9 Å². The van der Waals surface area contributed by atoms with Crippen LogP contribution in [0.4, 0.5) is 4.39 Å². The van der Waals surface area contributed by atoms with E-state index >= 15 is 4.39 Å². The third kappa shape index (κ3) is 4.08. The lowest BCUT2D eigenvalue weighted by Gasteiger charge is -2.33. The first-order chi connectivity index (χ1) is 18.6. The number of pyridine rings is 1. The van der Waals surface area contributed by atoms with E-state index in [1.54, 1.807) is 42.9 Å². The minimum atomic E-state index is -1.51. The maximum Gasteiger partial charge on any atom is 0.128 e. The van der Waals surface area contributed by atoms with Gasteiger partial charge in [-0.3, -0.25) is 4.98 Å². The molecule has 0 amide bonds. The molecular formula is C30H32FN5O2. The number of benzene rings is 2. The van der Waals surface area contributed by atoms with Crippen LogP contribution >= 0.6 is 0 Å². The lowest BCUT2D eigenvalue weighted by atomic mass is 9.86. The van der Waals surface area contributed by atoms with Crippen molar-refractivity contribution in [3.63, 3.8) is 0 Å². The number of ether oxygens (including phenoxy) is 1. The van der Waals surface area contributed by atoms with Gasteiger partial charge < -0.3 is 14.4 Å². The molecule has 5 aromatic rings. The van der Waals surface area contributed by atoms with Gasteiger partial charge in [-0.1, -0.05) is 35.5 Å². The molecule has 1 aliphatic heterocycles. The Bertz CT molecular complexity index is 1680. The molecule has 4 heterocycles. The van der Waals surface area contributed by atoms with E-state index in [4.69, 9.17) is 9.72 Å². The molecule has 1 atom stereocenters. The standard InChI is InChI=1S/C30H32FN5O2/c1-18-28(35(4)34-33-18)20-15-26-27(32-17-20)23-10-9-21(30(2,3)37)16-25(23)36(26)29(19-11-13-38-14-12-19)22-7-5-6-8-24(22)31/h5-10,15-17,19,29,37H,11-14H2,1-4H3/t29-/m1/s1/i29D. The van der Waals surface area contributed by atoms with E-state index in [2.05, 4.69) is 10.3 Å². The Balaban J connectivity index is 1.76. The van der Waals surface area contributed by atoms with E-state index < -0.39 is 17.4 Å². The van der Waals surface area contributed by atoms with Crippen LogP contribution in [0.5, 0.6) is 0 Å². The normalized spacial score (nSPS) is 17.2. The van der Waals surface area contributed by atoms with Crippen LogP contribution < -0.4 is 0 Å². The molecular weight excluding hydrogens is 481 g/mol. The van der Waals surface area contributed by atoms with Crippen LogP contribution in [0.15, 0.2) is 54.7 Å². The highest BCUT2D eigenvalue weighted by atomic mass is 19.1. The van der Waals surface area contributed by atoms with Crippen molar-refractivity contribution in [3.05, 3.63) is 77.4 Å². The predicted octanol–water partition coefficient (Wildman–Crippen LogP) is 5.68. The molecule has 1 aliphatic rings. The Morgan fingerprint density at radius 1 is 1.13 bits per heavy atom. The number of aromatic nitrogens is 5. The summed E-state index contributed by atoms with van der Waals surface area (Å²) in [7, 11) is 1.83. The summed E-state index contributed by atoms with van der Waals surface area (Å²) in [6.45, 7) is 6.39. The molecule has 8 heteroatoms. The Morgan fingerprint density at radius 3 is 2.58 bits per heavy atom. The first-order valence-electron chi connectivity index (χ1n) is 13.5. The Kier molecular flexibility index (Phi) is 5.74. The van der Waals surface area contributed by atoms with E-state index in [-0.39, 0.29) is 5.92 Å². The molecule has 196 valence electrons. The molecule has 6 rings (SSSR count). The maximum atomic E-state index is 15.7. The summed E-state index contributed by atoms with van der Waals surface area (Å²) in [5.41, 5.74) is 4.44. The number of hydrogen-bond acceptors (Lipinski definition) is 5. The Hall–Kier alpha value is -3.62. The van der Waals surface area contributed by atoms with Crippen molar-refractivity contribution in [2.45, 2.75) is 45.2 Å². The SMILES string of the molecule is [2H][C@](c1ccccc1F)(C1CCOCC1)n1c2cc(C(C)(C)O)ccc2c2ncc(-c3c(C)nnn3C)cc21. The first-order valence-corrected chi connectivity index (χ1v) is 13.0. The third-order valence-electron chi connectivity index (χ3n) is 7.58. The summed E-state index contributed by atoms with van der Waals surface area (Å²) in [6.07, 6.45) is 3.02. The number of aliphatic hydroxyl groups is 1. The number of fused-ring (bicyclic) bond motifs is 3. The Morgan fingerprint density at radius 2 is 1.89 bits per heavy atom. The fraction of sp³-hybridized carbons (Fsp3) is 0.367. The summed E-state index contributed by atoms with van der Waals surface area (Å²) in [5.74, 6) is -0.653. The number of rotatable bonds is 5. The number of nitrogens with zero attached hydrogens (tertiary/aromatic N) is 5. The number of hydrogen-bond donors (Lipinski definition) is 1. The molecule has 2 aromatic carbocycles. The summed E-state index contributed by atoms with van der Waals surface area (Å²) < 4.78 is 35.2. The minimum absolute atomic E-state index is 0.225. The van der Waals surface area contributed by atoms with E-state index in [0.29, 0.717) is 48.2 Å².